The maximum absolute atomic E-state index is 6.06. The summed E-state index contributed by atoms with van der Waals surface area (Å²) in [7, 11) is 0. The van der Waals surface area contributed by atoms with E-state index >= 15 is 0 Å². The minimum atomic E-state index is 0.443. The van der Waals surface area contributed by atoms with Crippen molar-refractivity contribution in [3.63, 3.8) is 0 Å². The van der Waals surface area contributed by atoms with Crippen molar-refractivity contribution in [2.75, 3.05) is 11.9 Å². The van der Waals surface area contributed by atoms with Crippen molar-refractivity contribution in [2.24, 2.45) is 5.41 Å². The Bertz CT molecular complexity index is 364. The first-order valence-electron chi connectivity index (χ1n) is 5.14. The van der Waals surface area contributed by atoms with Crippen LogP contribution >= 0.6 is 27.5 Å². The molecular weight excluding hydrogens is 275 g/mol. The Labute approximate surface area is 104 Å². The molecule has 0 unspecified atom stereocenters. The largest absolute Gasteiger partial charge is 0.368 e. The smallest absolute Gasteiger partial charge is 0.144 e. The van der Waals surface area contributed by atoms with Crippen molar-refractivity contribution in [1.82, 2.24) is 4.98 Å². The molecular formula is C11H14BrClN2. The van der Waals surface area contributed by atoms with Gasteiger partial charge >= 0.3 is 0 Å². The van der Waals surface area contributed by atoms with Gasteiger partial charge in [0.2, 0.25) is 0 Å². The van der Waals surface area contributed by atoms with Crippen molar-refractivity contribution in [2.45, 2.75) is 26.2 Å². The zero-order chi connectivity index (χ0) is 10.9. The number of halogens is 2. The average Bonchev–Trinajstić information content (AvgIpc) is 2.14. The first-order chi connectivity index (χ1) is 7.09. The lowest BCUT2D eigenvalue weighted by atomic mass is 9.70. The van der Waals surface area contributed by atoms with E-state index in [0.29, 0.717) is 10.4 Å². The third-order valence-corrected chi connectivity index (χ3v) is 3.77. The number of hydrogen-bond donors (Lipinski definition) is 1. The zero-order valence-electron chi connectivity index (χ0n) is 8.69. The van der Waals surface area contributed by atoms with Gasteiger partial charge in [0.05, 0.1) is 5.02 Å². The van der Waals surface area contributed by atoms with E-state index in [9.17, 15) is 0 Å². The summed E-state index contributed by atoms with van der Waals surface area (Å²) in [5.74, 6) is 0.785. The molecule has 0 atom stereocenters. The quantitative estimate of drug-likeness (QED) is 0.906. The van der Waals surface area contributed by atoms with Gasteiger partial charge in [-0.05, 0) is 40.3 Å². The maximum atomic E-state index is 6.06. The number of nitrogens with one attached hydrogen (secondary N) is 1. The summed E-state index contributed by atoms with van der Waals surface area (Å²) in [5, 5.41) is 3.99. The van der Waals surface area contributed by atoms with E-state index < -0.39 is 0 Å². The second-order valence-electron chi connectivity index (χ2n) is 4.50. The third kappa shape index (κ3) is 2.64. The molecule has 0 bridgehead atoms. The number of anilines is 1. The van der Waals surface area contributed by atoms with Crippen LogP contribution in [0.15, 0.2) is 16.7 Å². The van der Waals surface area contributed by atoms with E-state index in [1.165, 1.54) is 19.3 Å². The number of hydrogen-bond acceptors (Lipinski definition) is 2. The Kier molecular flexibility index (Phi) is 3.21. The predicted molar refractivity (Wildman–Crippen MR) is 67.4 cm³/mol. The van der Waals surface area contributed by atoms with E-state index in [1.807, 2.05) is 6.07 Å². The molecule has 0 aliphatic heterocycles. The lowest BCUT2D eigenvalue weighted by molar-refractivity contribution is 0.180. The van der Waals surface area contributed by atoms with Gasteiger partial charge in [-0.1, -0.05) is 24.9 Å². The van der Waals surface area contributed by atoms with Crippen LogP contribution in [0.3, 0.4) is 0 Å². The van der Waals surface area contributed by atoms with Crippen molar-refractivity contribution in [3.8, 4) is 0 Å². The van der Waals surface area contributed by atoms with Gasteiger partial charge in [0.15, 0.2) is 0 Å². The Morgan fingerprint density at radius 3 is 2.87 bits per heavy atom. The van der Waals surface area contributed by atoms with Gasteiger partial charge in [-0.2, -0.15) is 0 Å². The Hall–Kier alpha value is -0.280. The van der Waals surface area contributed by atoms with Crippen LogP contribution in [0, 0.1) is 5.41 Å². The molecule has 4 heteroatoms. The first kappa shape index (κ1) is 11.2. The fourth-order valence-electron chi connectivity index (χ4n) is 1.80. The molecule has 2 nitrogen and oxygen atoms in total. The van der Waals surface area contributed by atoms with Crippen LogP contribution in [-0.2, 0) is 0 Å². The van der Waals surface area contributed by atoms with E-state index in [2.05, 4.69) is 33.2 Å². The molecule has 1 fully saturated rings. The summed E-state index contributed by atoms with van der Waals surface area (Å²) in [6.45, 7) is 3.26. The Morgan fingerprint density at radius 1 is 1.60 bits per heavy atom. The second-order valence-corrected chi connectivity index (χ2v) is 5.82. The van der Waals surface area contributed by atoms with Crippen LogP contribution in [-0.4, -0.2) is 11.5 Å². The highest BCUT2D eigenvalue weighted by molar-refractivity contribution is 9.10. The van der Waals surface area contributed by atoms with Gasteiger partial charge in [-0.3, -0.25) is 0 Å². The van der Waals surface area contributed by atoms with Gasteiger partial charge in [-0.15, -0.1) is 0 Å². The molecule has 1 aliphatic rings. The van der Waals surface area contributed by atoms with Crippen LogP contribution in [0.25, 0.3) is 0 Å². The van der Waals surface area contributed by atoms with Crippen molar-refractivity contribution < 1.29 is 0 Å². The highest BCUT2D eigenvalue weighted by Gasteiger charge is 2.31. The molecule has 1 aromatic rings. The molecule has 2 rings (SSSR count). The Morgan fingerprint density at radius 2 is 2.33 bits per heavy atom. The van der Waals surface area contributed by atoms with Crippen molar-refractivity contribution in [3.05, 3.63) is 21.8 Å². The van der Waals surface area contributed by atoms with Gasteiger partial charge in [-0.25, -0.2) is 4.98 Å². The third-order valence-electron chi connectivity index (χ3n) is 3.05. The first-order valence-corrected chi connectivity index (χ1v) is 6.31. The fourth-order valence-corrected chi connectivity index (χ4v) is 2.50. The lowest BCUT2D eigenvalue weighted by Gasteiger charge is -2.38. The standard InChI is InChI=1S/C11H14BrClN2/c1-11(3-2-4-11)7-15-10-9(13)5-8(12)6-14-10/h5-6H,2-4,7H2,1H3,(H,14,15). The molecule has 82 valence electrons. The molecule has 0 radical (unpaired) electrons. The van der Waals surface area contributed by atoms with Crippen LogP contribution in [0.4, 0.5) is 5.82 Å². The summed E-state index contributed by atoms with van der Waals surface area (Å²) in [6.07, 6.45) is 5.71. The molecule has 1 saturated carbocycles. The SMILES string of the molecule is CC1(CNc2ncc(Br)cc2Cl)CCC1. The second kappa shape index (κ2) is 4.30. The average molecular weight is 290 g/mol. The van der Waals surface area contributed by atoms with Gasteiger partial charge in [0.25, 0.3) is 0 Å². The highest BCUT2D eigenvalue weighted by atomic mass is 79.9. The summed E-state index contributed by atoms with van der Waals surface area (Å²) in [4.78, 5) is 4.25. The van der Waals surface area contributed by atoms with E-state index in [-0.39, 0.29) is 0 Å². The Balaban J connectivity index is 1.98. The number of rotatable bonds is 3. The van der Waals surface area contributed by atoms with E-state index in [0.717, 1.165) is 16.8 Å². The molecule has 1 aliphatic carbocycles. The van der Waals surface area contributed by atoms with E-state index in [4.69, 9.17) is 11.6 Å². The van der Waals surface area contributed by atoms with Gasteiger partial charge in [0, 0.05) is 17.2 Å². The fraction of sp³-hybridized carbons (Fsp3) is 0.545. The zero-order valence-corrected chi connectivity index (χ0v) is 11.0. The van der Waals surface area contributed by atoms with Crippen molar-refractivity contribution in [1.29, 1.82) is 0 Å². The summed E-state index contributed by atoms with van der Waals surface area (Å²) < 4.78 is 0.910. The van der Waals surface area contributed by atoms with Crippen LogP contribution in [0.2, 0.25) is 5.02 Å². The molecule has 15 heavy (non-hydrogen) atoms. The molecule has 0 aromatic carbocycles. The molecule has 1 heterocycles. The topological polar surface area (TPSA) is 24.9 Å². The molecule has 1 N–H and O–H groups in total. The maximum Gasteiger partial charge on any atom is 0.144 e. The molecule has 0 amide bonds. The summed E-state index contributed by atoms with van der Waals surface area (Å²) in [6, 6.07) is 1.86. The predicted octanol–water partition coefficient (Wildman–Crippen LogP) is 4.10. The van der Waals surface area contributed by atoms with Gasteiger partial charge in [0.1, 0.15) is 5.82 Å². The van der Waals surface area contributed by atoms with Crippen LogP contribution in [0.1, 0.15) is 26.2 Å². The minimum Gasteiger partial charge on any atom is -0.368 e. The lowest BCUT2D eigenvalue weighted by Crippen LogP contribution is -2.33. The number of pyridine rings is 1. The van der Waals surface area contributed by atoms with Crippen LogP contribution < -0.4 is 5.32 Å². The van der Waals surface area contributed by atoms with E-state index in [1.54, 1.807) is 6.20 Å². The van der Waals surface area contributed by atoms with Crippen LogP contribution in [0.5, 0.6) is 0 Å². The van der Waals surface area contributed by atoms with Crippen molar-refractivity contribution >= 4 is 33.3 Å². The minimum absolute atomic E-state index is 0.443. The number of nitrogens with zero attached hydrogens (tertiary/aromatic N) is 1. The highest BCUT2D eigenvalue weighted by Crippen LogP contribution is 2.40. The number of aromatic nitrogens is 1. The normalized spacial score (nSPS) is 18.3. The molecule has 1 aromatic heterocycles. The van der Waals surface area contributed by atoms with Gasteiger partial charge < -0.3 is 5.32 Å². The molecule has 0 spiro atoms. The monoisotopic (exact) mass is 288 g/mol. The summed E-state index contributed by atoms with van der Waals surface area (Å²) >= 11 is 9.40. The summed E-state index contributed by atoms with van der Waals surface area (Å²) in [5.41, 5.74) is 0.443. The molecule has 0 saturated heterocycles.